The number of nitrogens with one attached hydrogen (secondary N) is 1. The molecule has 7 nitrogen and oxygen atoms in total. The van der Waals surface area contributed by atoms with Gasteiger partial charge in [0, 0.05) is 49.3 Å². The Morgan fingerprint density at radius 1 is 1.19 bits per heavy atom. The van der Waals surface area contributed by atoms with Crippen LogP contribution in [-0.2, 0) is 17.9 Å². The Balaban J connectivity index is 1.46. The third-order valence-electron chi connectivity index (χ3n) is 5.90. The van der Waals surface area contributed by atoms with Crippen molar-refractivity contribution in [1.29, 1.82) is 5.26 Å². The van der Waals surface area contributed by atoms with Crippen molar-refractivity contribution in [3.8, 4) is 11.8 Å². The zero-order valence-corrected chi connectivity index (χ0v) is 21.7. The summed E-state index contributed by atoms with van der Waals surface area (Å²) in [5.41, 5.74) is 3.65. The minimum absolute atomic E-state index is 0.0310. The van der Waals surface area contributed by atoms with Gasteiger partial charge in [0.25, 0.3) is 0 Å². The second-order valence-electron chi connectivity index (χ2n) is 8.48. The van der Waals surface area contributed by atoms with E-state index < -0.39 is 6.04 Å². The van der Waals surface area contributed by atoms with Gasteiger partial charge in [0.15, 0.2) is 0 Å². The Kier molecular flexibility index (Phi) is 8.49. The van der Waals surface area contributed by atoms with Crippen molar-refractivity contribution in [2.24, 2.45) is 0 Å². The molecule has 0 aliphatic rings. The molecule has 1 N–H and O–H groups in total. The summed E-state index contributed by atoms with van der Waals surface area (Å²) in [6.07, 6.45) is 7.76. The summed E-state index contributed by atoms with van der Waals surface area (Å²) in [6.45, 7) is 3.00. The van der Waals surface area contributed by atoms with Gasteiger partial charge < -0.3 is 14.0 Å². The number of nitrogens with zero attached hydrogens (tertiary/aromatic N) is 5. The second kappa shape index (κ2) is 12.0. The van der Waals surface area contributed by atoms with Crippen molar-refractivity contribution < 1.29 is 4.79 Å². The largest absolute Gasteiger partial charge is 0.340 e. The van der Waals surface area contributed by atoms with Gasteiger partial charge in [-0.3, -0.25) is 4.79 Å². The number of rotatable bonds is 10. The van der Waals surface area contributed by atoms with Crippen LogP contribution >= 0.6 is 23.5 Å². The highest BCUT2D eigenvalue weighted by molar-refractivity contribution is 7.97. The first-order valence-corrected chi connectivity index (χ1v) is 12.7. The number of carbonyl (C=O) groups excluding carboxylic acids is 1. The normalized spacial score (nSPS) is 11.7. The van der Waals surface area contributed by atoms with E-state index in [4.69, 9.17) is 11.6 Å². The maximum atomic E-state index is 13.5. The van der Waals surface area contributed by atoms with E-state index in [1.807, 2.05) is 84.0 Å². The number of halogens is 1. The molecular formula is C27H27ClN6OS. The SMILES string of the molecule is Cc1cccc(Cl)c1SNC(CCn1cccc1C#N)C(=O)N(C)Cc1ccc(-n2ccnc2)cc1. The van der Waals surface area contributed by atoms with E-state index in [0.717, 1.165) is 21.7 Å². The van der Waals surface area contributed by atoms with Gasteiger partial charge in [-0.25, -0.2) is 9.71 Å². The lowest BCUT2D eigenvalue weighted by molar-refractivity contribution is -0.132. The van der Waals surface area contributed by atoms with Crippen LogP contribution in [0.4, 0.5) is 0 Å². The number of hydrogen-bond donors (Lipinski definition) is 1. The van der Waals surface area contributed by atoms with Gasteiger partial charge in [-0.05, 0) is 66.8 Å². The Morgan fingerprint density at radius 2 is 2.00 bits per heavy atom. The van der Waals surface area contributed by atoms with Crippen molar-refractivity contribution in [1.82, 2.24) is 23.7 Å². The zero-order chi connectivity index (χ0) is 25.5. The number of benzene rings is 2. The molecule has 0 saturated heterocycles. The number of amides is 1. The van der Waals surface area contributed by atoms with Crippen LogP contribution in [0.1, 0.15) is 23.2 Å². The van der Waals surface area contributed by atoms with Crippen LogP contribution in [0.3, 0.4) is 0 Å². The lowest BCUT2D eigenvalue weighted by Crippen LogP contribution is -2.43. The number of aryl methyl sites for hydroxylation is 2. The highest BCUT2D eigenvalue weighted by atomic mass is 35.5. The smallest absolute Gasteiger partial charge is 0.240 e. The van der Waals surface area contributed by atoms with Crippen LogP contribution < -0.4 is 4.72 Å². The molecular weight excluding hydrogens is 492 g/mol. The Bertz CT molecular complexity index is 1320. The summed E-state index contributed by atoms with van der Waals surface area (Å²) in [6, 6.07) is 19.1. The topological polar surface area (TPSA) is 78.9 Å². The van der Waals surface area contributed by atoms with E-state index in [-0.39, 0.29) is 5.91 Å². The van der Waals surface area contributed by atoms with E-state index in [1.54, 1.807) is 23.5 Å². The van der Waals surface area contributed by atoms with Gasteiger partial charge in [-0.1, -0.05) is 35.9 Å². The molecule has 1 unspecified atom stereocenters. The fraction of sp³-hybridized carbons (Fsp3) is 0.222. The Hall–Kier alpha value is -3.51. The molecule has 0 spiro atoms. The van der Waals surface area contributed by atoms with Crippen molar-refractivity contribution in [2.45, 2.75) is 37.4 Å². The second-order valence-corrected chi connectivity index (χ2v) is 9.73. The van der Waals surface area contributed by atoms with E-state index >= 15 is 0 Å². The molecule has 1 atom stereocenters. The average Bonchev–Trinajstić information content (AvgIpc) is 3.58. The van der Waals surface area contributed by atoms with Crippen LogP contribution in [0.2, 0.25) is 5.02 Å². The molecule has 2 heterocycles. The van der Waals surface area contributed by atoms with Crippen molar-refractivity contribution in [2.75, 3.05) is 7.05 Å². The van der Waals surface area contributed by atoms with Crippen molar-refractivity contribution in [3.05, 3.63) is 101 Å². The molecule has 9 heteroatoms. The monoisotopic (exact) mass is 518 g/mol. The molecule has 0 saturated carbocycles. The molecule has 1 amide bonds. The molecule has 184 valence electrons. The summed E-state index contributed by atoms with van der Waals surface area (Å²) in [4.78, 5) is 20.2. The van der Waals surface area contributed by atoms with Crippen LogP contribution in [0.15, 0.2) is 84.4 Å². The lowest BCUT2D eigenvalue weighted by Gasteiger charge is -2.25. The van der Waals surface area contributed by atoms with Gasteiger partial charge in [-0.15, -0.1) is 0 Å². The summed E-state index contributed by atoms with van der Waals surface area (Å²) in [5, 5.41) is 9.98. The third-order valence-corrected chi connectivity index (χ3v) is 7.48. The highest BCUT2D eigenvalue weighted by Crippen LogP contribution is 2.29. The molecule has 36 heavy (non-hydrogen) atoms. The molecule has 4 aromatic rings. The van der Waals surface area contributed by atoms with E-state index in [1.165, 1.54) is 11.9 Å². The first kappa shape index (κ1) is 25.6. The number of hydrogen-bond acceptors (Lipinski definition) is 5. The fourth-order valence-corrected chi connectivity index (χ4v) is 5.10. The standard InChI is InChI=1S/C27H27ClN6OS/c1-20-5-3-7-24(28)26(20)36-31-25(12-15-33-14-4-6-23(33)17-29)27(35)32(2)18-21-8-10-22(11-9-21)34-16-13-30-19-34/h3-11,13-14,16,19,25,31H,12,15,18H2,1-2H3. The maximum Gasteiger partial charge on any atom is 0.240 e. The van der Waals surface area contributed by atoms with Gasteiger partial charge in [-0.2, -0.15) is 5.26 Å². The van der Waals surface area contributed by atoms with E-state index in [2.05, 4.69) is 15.8 Å². The fourth-order valence-electron chi connectivity index (χ4n) is 3.89. The molecule has 0 bridgehead atoms. The summed E-state index contributed by atoms with van der Waals surface area (Å²) >= 11 is 7.78. The van der Waals surface area contributed by atoms with E-state index in [0.29, 0.717) is 30.2 Å². The molecule has 0 fully saturated rings. The minimum atomic E-state index is -0.477. The van der Waals surface area contributed by atoms with E-state index in [9.17, 15) is 10.1 Å². The van der Waals surface area contributed by atoms with Crippen LogP contribution in [-0.4, -0.2) is 38.0 Å². The number of imidazole rings is 1. The quantitative estimate of drug-likeness (QED) is 0.291. The number of likely N-dealkylation sites (N-methyl/N-ethyl adjacent to an activating group) is 1. The molecule has 0 aliphatic heterocycles. The summed E-state index contributed by atoms with van der Waals surface area (Å²) < 4.78 is 7.14. The first-order valence-electron chi connectivity index (χ1n) is 11.5. The molecule has 4 rings (SSSR count). The molecule has 2 aromatic carbocycles. The average molecular weight is 519 g/mol. The van der Waals surface area contributed by atoms with Crippen LogP contribution in [0, 0.1) is 18.3 Å². The van der Waals surface area contributed by atoms with Gasteiger partial charge in [0.05, 0.1) is 17.4 Å². The summed E-state index contributed by atoms with van der Waals surface area (Å²) in [7, 11) is 1.81. The molecule has 0 aliphatic carbocycles. The predicted octanol–water partition coefficient (Wildman–Crippen LogP) is 5.22. The number of carbonyl (C=O) groups is 1. The number of nitriles is 1. The van der Waals surface area contributed by atoms with Crippen molar-refractivity contribution >= 4 is 29.5 Å². The van der Waals surface area contributed by atoms with Gasteiger partial charge >= 0.3 is 0 Å². The minimum Gasteiger partial charge on any atom is -0.340 e. The number of aromatic nitrogens is 3. The van der Waals surface area contributed by atoms with Crippen molar-refractivity contribution in [3.63, 3.8) is 0 Å². The Morgan fingerprint density at radius 3 is 2.69 bits per heavy atom. The third kappa shape index (κ3) is 6.18. The van der Waals surface area contributed by atoms with Crippen LogP contribution in [0.5, 0.6) is 0 Å². The van der Waals surface area contributed by atoms with Gasteiger partial charge in [0.1, 0.15) is 11.8 Å². The van der Waals surface area contributed by atoms with Gasteiger partial charge in [0.2, 0.25) is 5.91 Å². The summed E-state index contributed by atoms with van der Waals surface area (Å²) in [5.74, 6) is -0.0310. The van der Waals surface area contributed by atoms with Crippen LogP contribution in [0.25, 0.3) is 5.69 Å². The predicted molar refractivity (Wildman–Crippen MR) is 143 cm³/mol. The molecule has 0 radical (unpaired) electrons. The molecule has 2 aromatic heterocycles. The zero-order valence-electron chi connectivity index (χ0n) is 20.1. The maximum absolute atomic E-state index is 13.5. The Labute approximate surface area is 220 Å². The first-order chi connectivity index (χ1) is 17.5. The highest BCUT2D eigenvalue weighted by Gasteiger charge is 2.23. The lowest BCUT2D eigenvalue weighted by atomic mass is 10.1.